The molecule has 0 aliphatic carbocycles. The first-order valence-corrected chi connectivity index (χ1v) is 10.8. The average molecular weight is 460 g/mol. The second kappa shape index (κ2) is 9.80. The number of rotatable bonds is 9. The van der Waals surface area contributed by atoms with Crippen LogP contribution in [0.2, 0.25) is 5.02 Å². The number of hydrogen-bond donors (Lipinski definition) is 0. The van der Waals surface area contributed by atoms with E-state index in [2.05, 4.69) is 20.4 Å². The van der Waals surface area contributed by atoms with Crippen molar-refractivity contribution in [3.63, 3.8) is 0 Å². The molecule has 11 heteroatoms. The van der Waals surface area contributed by atoms with Crippen LogP contribution in [-0.4, -0.2) is 43.5 Å². The zero-order chi connectivity index (χ0) is 21.6. The van der Waals surface area contributed by atoms with E-state index in [4.69, 9.17) is 24.9 Å². The van der Waals surface area contributed by atoms with E-state index in [-0.39, 0.29) is 24.1 Å². The number of halogens is 1. The molecule has 1 amide bonds. The van der Waals surface area contributed by atoms with Gasteiger partial charge in [0.05, 0.1) is 18.6 Å². The molecule has 9 nitrogen and oxygen atoms in total. The van der Waals surface area contributed by atoms with Crippen LogP contribution in [0.15, 0.2) is 61.1 Å². The molecule has 160 valence electrons. The van der Waals surface area contributed by atoms with Crippen molar-refractivity contribution in [2.24, 2.45) is 0 Å². The SMILES string of the molecule is CCCN(Cc1nnc(-c2ccco2)o1)C(=O)CSc1nnc(-c2ccc(Cl)cc2)o1. The molecule has 0 atom stereocenters. The lowest BCUT2D eigenvalue weighted by molar-refractivity contribution is -0.129. The topological polar surface area (TPSA) is 111 Å². The minimum absolute atomic E-state index is 0.101. The van der Waals surface area contributed by atoms with Gasteiger partial charge in [-0.05, 0) is 42.8 Å². The quantitative estimate of drug-likeness (QED) is 0.332. The van der Waals surface area contributed by atoms with Crippen LogP contribution in [0, 0.1) is 0 Å². The van der Waals surface area contributed by atoms with Crippen molar-refractivity contribution >= 4 is 29.3 Å². The summed E-state index contributed by atoms with van der Waals surface area (Å²) in [6, 6.07) is 10.5. The van der Waals surface area contributed by atoms with Gasteiger partial charge >= 0.3 is 0 Å². The van der Waals surface area contributed by atoms with Gasteiger partial charge in [-0.2, -0.15) is 0 Å². The average Bonchev–Trinajstić information content (AvgIpc) is 3.53. The Morgan fingerprint density at radius 1 is 1.06 bits per heavy atom. The number of carbonyl (C=O) groups excluding carboxylic acids is 1. The van der Waals surface area contributed by atoms with Crippen LogP contribution in [0.3, 0.4) is 0 Å². The summed E-state index contributed by atoms with van der Waals surface area (Å²) < 4.78 is 16.5. The first-order valence-electron chi connectivity index (χ1n) is 9.48. The van der Waals surface area contributed by atoms with Gasteiger partial charge in [0.2, 0.25) is 17.7 Å². The highest BCUT2D eigenvalue weighted by Crippen LogP contribution is 2.25. The third kappa shape index (κ3) is 5.33. The highest BCUT2D eigenvalue weighted by Gasteiger charge is 2.19. The summed E-state index contributed by atoms with van der Waals surface area (Å²) in [4.78, 5) is 14.4. The summed E-state index contributed by atoms with van der Waals surface area (Å²) in [5.41, 5.74) is 0.756. The number of furan rings is 1. The number of benzene rings is 1. The maximum Gasteiger partial charge on any atom is 0.283 e. The number of amides is 1. The molecule has 0 N–H and O–H groups in total. The van der Waals surface area contributed by atoms with Crippen molar-refractivity contribution in [2.45, 2.75) is 25.1 Å². The van der Waals surface area contributed by atoms with Crippen molar-refractivity contribution in [1.29, 1.82) is 0 Å². The molecule has 31 heavy (non-hydrogen) atoms. The summed E-state index contributed by atoms with van der Waals surface area (Å²) in [6.45, 7) is 2.75. The minimum Gasteiger partial charge on any atom is -0.459 e. The lowest BCUT2D eigenvalue weighted by Crippen LogP contribution is -2.32. The third-order valence-corrected chi connectivity index (χ3v) is 5.24. The van der Waals surface area contributed by atoms with E-state index < -0.39 is 0 Å². The predicted octanol–water partition coefficient (Wildman–Crippen LogP) is 4.56. The Kier molecular flexibility index (Phi) is 6.68. The van der Waals surface area contributed by atoms with Crippen LogP contribution < -0.4 is 0 Å². The summed E-state index contributed by atoms with van der Waals surface area (Å²) in [7, 11) is 0. The summed E-state index contributed by atoms with van der Waals surface area (Å²) >= 11 is 7.07. The van der Waals surface area contributed by atoms with Gasteiger partial charge in [-0.3, -0.25) is 4.79 Å². The van der Waals surface area contributed by atoms with Crippen molar-refractivity contribution in [3.05, 3.63) is 53.6 Å². The van der Waals surface area contributed by atoms with Gasteiger partial charge < -0.3 is 18.2 Å². The van der Waals surface area contributed by atoms with Crippen molar-refractivity contribution in [1.82, 2.24) is 25.3 Å². The molecule has 0 bridgehead atoms. The van der Waals surface area contributed by atoms with E-state index in [0.717, 1.165) is 12.0 Å². The first kappa shape index (κ1) is 21.1. The Hall–Kier alpha value is -3.11. The van der Waals surface area contributed by atoms with Crippen LogP contribution >= 0.6 is 23.4 Å². The van der Waals surface area contributed by atoms with Gasteiger partial charge in [-0.15, -0.1) is 20.4 Å². The fraction of sp³-hybridized carbons (Fsp3) is 0.250. The largest absolute Gasteiger partial charge is 0.459 e. The molecule has 0 fully saturated rings. The van der Waals surface area contributed by atoms with Crippen molar-refractivity contribution < 1.29 is 18.0 Å². The van der Waals surface area contributed by atoms with Gasteiger partial charge in [-0.1, -0.05) is 30.3 Å². The maximum atomic E-state index is 12.8. The molecule has 4 aromatic rings. The zero-order valence-corrected chi connectivity index (χ0v) is 18.1. The molecule has 0 radical (unpaired) electrons. The molecule has 3 heterocycles. The van der Waals surface area contributed by atoms with Gasteiger partial charge in [-0.25, -0.2) is 0 Å². The van der Waals surface area contributed by atoms with E-state index in [1.54, 1.807) is 41.3 Å². The number of aromatic nitrogens is 4. The number of thioether (sulfide) groups is 1. The Balaban J connectivity index is 1.36. The fourth-order valence-electron chi connectivity index (χ4n) is 2.73. The third-order valence-electron chi connectivity index (χ3n) is 4.19. The highest BCUT2D eigenvalue weighted by molar-refractivity contribution is 7.99. The van der Waals surface area contributed by atoms with E-state index in [9.17, 15) is 4.79 Å². The lowest BCUT2D eigenvalue weighted by Gasteiger charge is -2.19. The van der Waals surface area contributed by atoms with E-state index in [1.807, 2.05) is 6.92 Å². The molecule has 4 rings (SSSR count). The van der Waals surface area contributed by atoms with E-state index >= 15 is 0 Å². The van der Waals surface area contributed by atoms with Gasteiger partial charge in [0.25, 0.3) is 11.1 Å². The van der Waals surface area contributed by atoms with Crippen molar-refractivity contribution in [3.8, 4) is 23.1 Å². The van der Waals surface area contributed by atoms with Crippen molar-refractivity contribution in [2.75, 3.05) is 12.3 Å². The number of carbonyl (C=O) groups is 1. The minimum atomic E-state index is -0.101. The zero-order valence-electron chi connectivity index (χ0n) is 16.5. The Morgan fingerprint density at radius 2 is 1.87 bits per heavy atom. The molecule has 0 aliphatic heterocycles. The second-order valence-electron chi connectivity index (χ2n) is 6.46. The molecule has 0 saturated heterocycles. The number of hydrogen-bond acceptors (Lipinski definition) is 9. The molecule has 0 unspecified atom stereocenters. The summed E-state index contributed by atoms with van der Waals surface area (Å²) in [6.07, 6.45) is 2.32. The van der Waals surface area contributed by atoms with Gasteiger partial charge in [0.1, 0.15) is 0 Å². The fourth-order valence-corrected chi connectivity index (χ4v) is 3.53. The standard InChI is InChI=1S/C20H18ClN5O4S/c1-2-9-26(11-16-22-24-19(29-16)15-4-3-10-28-15)17(27)12-31-20-25-23-18(30-20)13-5-7-14(21)8-6-13/h3-8,10H,2,9,11-12H2,1H3. The Labute approximate surface area is 186 Å². The summed E-state index contributed by atoms with van der Waals surface area (Å²) in [5, 5.41) is 16.9. The molecule has 0 aliphatic rings. The van der Waals surface area contributed by atoms with Crippen LogP contribution in [0.25, 0.3) is 23.1 Å². The van der Waals surface area contributed by atoms with Crippen LogP contribution in [0.1, 0.15) is 19.2 Å². The number of nitrogens with zero attached hydrogens (tertiary/aromatic N) is 5. The summed E-state index contributed by atoms with van der Waals surface area (Å²) in [5.74, 6) is 1.50. The smallest absolute Gasteiger partial charge is 0.283 e. The van der Waals surface area contributed by atoms with Crippen LogP contribution in [-0.2, 0) is 11.3 Å². The van der Waals surface area contributed by atoms with Gasteiger partial charge in [0, 0.05) is 17.1 Å². The van der Waals surface area contributed by atoms with E-state index in [1.165, 1.54) is 18.0 Å². The molecule has 1 aromatic carbocycles. The monoisotopic (exact) mass is 459 g/mol. The molecule has 0 spiro atoms. The highest BCUT2D eigenvalue weighted by atomic mass is 35.5. The maximum absolute atomic E-state index is 12.8. The first-order chi connectivity index (χ1) is 15.1. The molecular weight excluding hydrogens is 442 g/mol. The second-order valence-corrected chi connectivity index (χ2v) is 7.83. The molecular formula is C20H18ClN5O4S. The molecule has 0 saturated carbocycles. The normalized spacial score (nSPS) is 11.0. The lowest BCUT2D eigenvalue weighted by atomic mass is 10.2. The Bertz CT molecular complexity index is 1130. The van der Waals surface area contributed by atoms with E-state index in [0.29, 0.717) is 34.3 Å². The van der Waals surface area contributed by atoms with Crippen LogP contribution in [0.5, 0.6) is 0 Å². The predicted molar refractivity (Wildman–Crippen MR) is 113 cm³/mol. The van der Waals surface area contributed by atoms with Crippen LogP contribution in [0.4, 0.5) is 0 Å². The Morgan fingerprint density at radius 3 is 2.61 bits per heavy atom. The molecule has 3 aromatic heterocycles. The van der Waals surface area contributed by atoms with Gasteiger partial charge in [0.15, 0.2) is 5.76 Å².